The molecule has 2 aromatic carbocycles. The van der Waals surface area contributed by atoms with Gasteiger partial charge in [0, 0.05) is 9.45 Å². The summed E-state index contributed by atoms with van der Waals surface area (Å²) in [5.74, 6) is -0.786. The van der Waals surface area contributed by atoms with E-state index in [-0.39, 0.29) is 11.7 Å². The maximum atomic E-state index is 11.1. The molecule has 0 bridgehead atoms. The zero-order valence-electron chi connectivity index (χ0n) is 12.4. The highest BCUT2D eigenvalue weighted by Crippen LogP contribution is 2.28. The van der Waals surface area contributed by atoms with Gasteiger partial charge in [-0.25, -0.2) is 0 Å². The highest BCUT2D eigenvalue weighted by atomic mass is 32.2. The smallest absolute Gasteiger partial charge is 0.304 e. The molecule has 1 N–H and O–H groups in total. The lowest BCUT2D eigenvalue weighted by molar-refractivity contribution is -0.136. The van der Waals surface area contributed by atoms with Gasteiger partial charge < -0.3 is 5.11 Å². The van der Waals surface area contributed by atoms with Crippen LogP contribution in [0.15, 0.2) is 54.6 Å². The monoisotopic (exact) mass is 330 g/mol. The minimum absolute atomic E-state index is 0.0418. The van der Waals surface area contributed by atoms with E-state index in [0.29, 0.717) is 6.42 Å². The summed E-state index contributed by atoms with van der Waals surface area (Å²) in [5, 5.41) is 9.06. The maximum Gasteiger partial charge on any atom is 0.304 e. The van der Waals surface area contributed by atoms with E-state index in [1.54, 1.807) is 0 Å². The highest BCUT2D eigenvalue weighted by Gasteiger charge is 2.17. The van der Waals surface area contributed by atoms with E-state index in [1.165, 1.54) is 11.8 Å². The molecule has 2 rings (SSSR count). The number of carboxylic acid groups (broad SMARTS) is 1. The van der Waals surface area contributed by atoms with Crippen LogP contribution in [0.5, 0.6) is 0 Å². The Morgan fingerprint density at radius 1 is 1.14 bits per heavy atom. The van der Waals surface area contributed by atoms with Crippen LogP contribution in [0.4, 0.5) is 0 Å². The van der Waals surface area contributed by atoms with Crippen LogP contribution in [-0.2, 0) is 11.2 Å². The number of aliphatic carboxylic acids is 1. The predicted octanol–water partition coefficient (Wildman–Crippen LogP) is 4.82. The van der Waals surface area contributed by atoms with Gasteiger partial charge in [0.1, 0.15) is 0 Å². The molecule has 0 saturated carbocycles. The number of carboxylic acids is 1. The van der Waals surface area contributed by atoms with Crippen LogP contribution in [-0.4, -0.2) is 20.5 Å². The number of thiocarbonyl (C=S) groups is 1. The van der Waals surface area contributed by atoms with Crippen molar-refractivity contribution in [2.45, 2.75) is 25.0 Å². The first-order chi connectivity index (χ1) is 10.6. The number of rotatable bonds is 6. The Morgan fingerprint density at radius 2 is 1.77 bits per heavy atom. The molecule has 1 unspecified atom stereocenters. The van der Waals surface area contributed by atoms with Gasteiger partial charge in [-0.15, -0.1) is 11.8 Å². The molecule has 0 aromatic heterocycles. The summed E-state index contributed by atoms with van der Waals surface area (Å²) in [5.41, 5.74) is 3.46. The third kappa shape index (κ3) is 4.97. The quantitative estimate of drug-likeness (QED) is 0.771. The van der Waals surface area contributed by atoms with Gasteiger partial charge in [0.15, 0.2) is 0 Å². The lowest BCUT2D eigenvalue weighted by atomic mass is 9.96. The summed E-state index contributed by atoms with van der Waals surface area (Å²) < 4.78 is 0.781. The molecule has 22 heavy (non-hydrogen) atoms. The summed E-state index contributed by atoms with van der Waals surface area (Å²) >= 11 is 6.61. The van der Waals surface area contributed by atoms with Gasteiger partial charge in [-0.3, -0.25) is 4.79 Å². The van der Waals surface area contributed by atoms with Crippen LogP contribution >= 0.6 is 24.0 Å². The van der Waals surface area contributed by atoms with Gasteiger partial charge in [-0.1, -0.05) is 66.8 Å². The van der Waals surface area contributed by atoms with Gasteiger partial charge in [0.05, 0.1) is 6.42 Å². The van der Waals surface area contributed by atoms with E-state index in [4.69, 9.17) is 17.3 Å². The first kappa shape index (κ1) is 16.7. The Morgan fingerprint density at radius 3 is 2.41 bits per heavy atom. The van der Waals surface area contributed by atoms with Crippen molar-refractivity contribution in [2.75, 3.05) is 0 Å². The standard InChI is InChI=1S/C18H18O2S2/c1-13(21)22-16(12-18(19)20)11-15-9-5-6-10-17(15)14-7-3-2-4-8-14/h2-10,16H,11-12H2,1H3,(H,19,20). The number of thioether (sulfide) groups is 1. The van der Waals surface area contributed by atoms with Crippen molar-refractivity contribution < 1.29 is 9.90 Å². The van der Waals surface area contributed by atoms with E-state index in [0.717, 1.165) is 20.9 Å². The fraction of sp³-hybridized carbons (Fsp3) is 0.222. The van der Waals surface area contributed by atoms with E-state index in [2.05, 4.69) is 24.3 Å². The second-order valence-corrected chi connectivity index (χ2v) is 7.44. The molecule has 0 saturated heterocycles. The molecule has 0 fully saturated rings. The van der Waals surface area contributed by atoms with E-state index in [1.807, 2.05) is 37.3 Å². The van der Waals surface area contributed by atoms with Crippen LogP contribution in [0, 0.1) is 0 Å². The fourth-order valence-corrected chi connectivity index (χ4v) is 3.79. The zero-order chi connectivity index (χ0) is 15.9. The van der Waals surface area contributed by atoms with Gasteiger partial charge in [0.25, 0.3) is 0 Å². The van der Waals surface area contributed by atoms with E-state index in [9.17, 15) is 4.79 Å². The van der Waals surface area contributed by atoms with E-state index < -0.39 is 5.97 Å². The lowest BCUT2D eigenvalue weighted by Crippen LogP contribution is -2.14. The SMILES string of the molecule is CC(=S)SC(CC(=O)O)Cc1ccccc1-c1ccccc1. The molecule has 0 aliphatic heterocycles. The zero-order valence-corrected chi connectivity index (χ0v) is 14.0. The molecule has 0 radical (unpaired) electrons. The Balaban J connectivity index is 2.27. The summed E-state index contributed by atoms with van der Waals surface area (Å²) in [6.45, 7) is 1.85. The second kappa shape index (κ2) is 8.11. The average molecular weight is 330 g/mol. The van der Waals surface area contributed by atoms with Crippen molar-refractivity contribution in [3.05, 3.63) is 60.2 Å². The Hall–Kier alpha value is -1.65. The van der Waals surface area contributed by atoms with Crippen molar-refractivity contribution in [1.29, 1.82) is 0 Å². The largest absolute Gasteiger partial charge is 0.481 e. The third-order valence-corrected chi connectivity index (χ3v) is 4.57. The minimum Gasteiger partial charge on any atom is -0.481 e. The summed E-state index contributed by atoms with van der Waals surface area (Å²) in [6.07, 6.45) is 0.803. The van der Waals surface area contributed by atoms with Crippen molar-refractivity contribution in [3.8, 4) is 11.1 Å². The summed E-state index contributed by atoms with van der Waals surface area (Å²) in [7, 11) is 0. The number of hydrogen-bond donors (Lipinski definition) is 1. The Kier molecular flexibility index (Phi) is 6.16. The van der Waals surface area contributed by atoms with Gasteiger partial charge in [-0.05, 0) is 30.0 Å². The normalized spacial score (nSPS) is 11.9. The molecule has 0 aliphatic rings. The van der Waals surface area contributed by atoms with Gasteiger partial charge in [0.2, 0.25) is 0 Å². The first-order valence-corrected chi connectivity index (χ1v) is 8.37. The number of carbonyl (C=O) groups is 1. The number of benzene rings is 2. The maximum absolute atomic E-state index is 11.1. The molecule has 4 heteroatoms. The molecular weight excluding hydrogens is 312 g/mol. The van der Waals surface area contributed by atoms with E-state index >= 15 is 0 Å². The van der Waals surface area contributed by atoms with Crippen molar-refractivity contribution in [3.63, 3.8) is 0 Å². The summed E-state index contributed by atoms with van der Waals surface area (Å²) in [4.78, 5) is 11.1. The average Bonchev–Trinajstić information content (AvgIpc) is 2.47. The molecule has 0 amide bonds. The molecule has 114 valence electrons. The van der Waals surface area contributed by atoms with Crippen molar-refractivity contribution >= 4 is 34.1 Å². The number of hydrogen-bond acceptors (Lipinski definition) is 3. The second-order valence-electron chi connectivity index (χ2n) is 5.06. The van der Waals surface area contributed by atoms with Crippen molar-refractivity contribution in [1.82, 2.24) is 0 Å². The molecule has 2 nitrogen and oxygen atoms in total. The van der Waals surface area contributed by atoms with Gasteiger partial charge >= 0.3 is 5.97 Å². The Bertz CT molecular complexity index is 637. The van der Waals surface area contributed by atoms with Crippen LogP contribution in [0.25, 0.3) is 11.1 Å². The van der Waals surface area contributed by atoms with Crippen molar-refractivity contribution in [2.24, 2.45) is 0 Å². The minimum atomic E-state index is -0.786. The molecule has 0 spiro atoms. The molecule has 0 aliphatic carbocycles. The Labute approximate surface area is 140 Å². The topological polar surface area (TPSA) is 37.3 Å². The fourth-order valence-electron chi connectivity index (χ4n) is 2.43. The predicted molar refractivity (Wildman–Crippen MR) is 97.5 cm³/mol. The summed E-state index contributed by atoms with van der Waals surface area (Å²) in [6, 6.07) is 18.3. The third-order valence-electron chi connectivity index (χ3n) is 3.28. The molecular formula is C18H18O2S2. The van der Waals surface area contributed by atoms with Gasteiger partial charge in [-0.2, -0.15) is 0 Å². The highest BCUT2D eigenvalue weighted by molar-refractivity contribution is 8.23. The van der Waals surface area contributed by atoms with Crippen LogP contribution in [0.3, 0.4) is 0 Å². The van der Waals surface area contributed by atoms with Crippen LogP contribution in [0.2, 0.25) is 0 Å². The molecule has 0 heterocycles. The lowest BCUT2D eigenvalue weighted by Gasteiger charge is -2.16. The van der Waals surface area contributed by atoms with Crippen LogP contribution in [0.1, 0.15) is 18.9 Å². The molecule has 2 aromatic rings. The van der Waals surface area contributed by atoms with Crippen LogP contribution < -0.4 is 0 Å². The molecule has 1 atom stereocenters. The first-order valence-electron chi connectivity index (χ1n) is 7.08.